The molecule has 1 N–H and O–H groups in total. The van der Waals surface area contributed by atoms with Crippen LogP contribution in [0.15, 0.2) is 42.5 Å². The maximum absolute atomic E-state index is 12.9. The third-order valence-corrected chi connectivity index (χ3v) is 7.09. The Bertz CT molecular complexity index is 927. The van der Waals surface area contributed by atoms with E-state index in [-0.39, 0.29) is 17.4 Å². The molecule has 2 aromatic rings. The van der Waals surface area contributed by atoms with Crippen molar-refractivity contribution in [1.29, 1.82) is 0 Å². The molecule has 0 saturated heterocycles. The van der Waals surface area contributed by atoms with Crippen molar-refractivity contribution in [3.05, 3.63) is 63.6 Å². The molecular formula is C20H23Cl2NO3S. The van der Waals surface area contributed by atoms with E-state index in [1.54, 1.807) is 18.2 Å². The van der Waals surface area contributed by atoms with Gasteiger partial charge in [0.25, 0.3) is 0 Å². The number of ether oxygens (including phenoxy) is 1. The predicted molar refractivity (Wildman–Crippen MR) is 110 cm³/mol. The van der Waals surface area contributed by atoms with Crippen molar-refractivity contribution in [3.8, 4) is 5.75 Å². The Morgan fingerprint density at radius 1 is 1.15 bits per heavy atom. The third kappa shape index (κ3) is 4.60. The molecule has 1 atom stereocenters. The number of benzene rings is 2. The third-order valence-electron chi connectivity index (χ3n) is 5.17. The molecule has 0 radical (unpaired) electrons. The van der Waals surface area contributed by atoms with Crippen LogP contribution in [-0.2, 0) is 15.8 Å². The normalized spacial score (nSPS) is 18.6. The highest BCUT2D eigenvalue weighted by Gasteiger charge is 2.39. The molecule has 0 bridgehead atoms. The fraction of sp³-hybridized carbons (Fsp3) is 0.400. The summed E-state index contributed by atoms with van der Waals surface area (Å²) in [7, 11) is -3.61. The first kappa shape index (κ1) is 20.5. The number of nitrogens with one attached hydrogen (secondary N) is 1. The molecule has 0 aliphatic carbocycles. The van der Waals surface area contributed by atoms with E-state index < -0.39 is 10.0 Å². The lowest BCUT2D eigenvalue weighted by Crippen LogP contribution is -2.44. The Morgan fingerprint density at radius 2 is 1.85 bits per heavy atom. The van der Waals surface area contributed by atoms with Crippen LogP contribution in [0.4, 0.5) is 0 Å². The lowest BCUT2D eigenvalue weighted by atomic mass is 9.84. The molecule has 1 heterocycles. The summed E-state index contributed by atoms with van der Waals surface area (Å²) >= 11 is 12.1. The molecule has 2 aromatic carbocycles. The van der Waals surface area contributed by atoms with Crippen LogP contribution in [0.1, 0.15) is 50.3 Å². The zero-order valence-electron chi connectivity index (χ0n) is 15.3. The Kier molecular flexibility index (Phi) is 6.06. The van der Waals surface area contributed by atoms with Crippen LogP contribution in [0.2, 0.25) is 10.0 Å². The summed E-state index contributed by atoms with van der Waals surface area (Å²) in [6.07, 6.45) is 2.20. The second-order valence-electron chi connectivity index (χ2n) is 6.90. The van der Waals surface area contributed by atoms with Crippen molar-refractivity contribution in [2.45, 2.75) is 50.5 Å². The zero-order chi connectivity index (χ0) is 19.7. The van der Waals surface area contributed by atoms with E-state index in [4.69, 9.17) is 27.9 Å². The van der Waals surface area contributed by atoms with Crippen molar-refractivity contribution >= 4 is 33.2 Å². The second-order valence-corrected chi connectivity index (χ2v) is 9.50. The summed E-state index contributed by atoms with van der Waals surface area (Å²) in [6, 6.07) is 12.1. The van der Waals surface area contributed by atoms with Gasteiger partial charge in [-0.1, -0.05) is 61.3 Å². The second kappa shape index (κ2) is 8.00. The smallest absolute Gasteiger partial charge is 0.216 e. The fourth-order valence-electron chi connectivity index (χ4n) is 3.51. The van der Waals surface area contributed by atoms with Crippen molar-refractivity contribution in [3.63, 3.8) is 0 Å². The number of halogens is 2. The molecule has 0 spiro atoms. The number of fused-ring (bicyclic) bond motifs is 1. The van der Waals surface area contributed by atoms with E-state index in [1.165, 1.54) is 0 Å². The molecule has 0 fully saturated rings. The highest BCUT2D eigenvalue weighted by Crippen LogP contribution is 2.43. The first-order chi connectivity index (χ1) is 12.8. The summed E-state index contributed by atoms with van der Waals surface area (Å²) in [5, 5.41) is 0.819. The monoisotopic (exact) mass is 427 g/mol. The van der Waals surface area contributed by atoms with Gasteiger partial charge < -0.3 is 4.74 Å². The quantitative estimate of drug-likeness (QED) is 0.662. The van der Waals surface area contributed by atoms with Crippen molar-refractivity contribution in [1.82, 2.24) is 4.72 Å². The minimum absolute atomic E-state index is 0.201. The molecule has 1 aliphatic heterocycles. The lowest BCUT2D eigenvalue weighted by Gasteiger charge is -2.41. The highest BCUT2D eigenvalue weighted by atomic mass is 35.5. The molecule has 0 unspecified atom stereocenters. The first-order valence-electron chi connectivity index (χ1n) is 8.99. The molecule has 146 valence electrons. The molecule has 0 aromatic heterocycles. The molecule has 4 nitrogen and oxygen atoms in total. The summed E-state index contributed by atoms with van der Waals surface area (Å²) in [6.45, 7) is 4.13. The van der Waals surface area contributed by atoms with Crippen molar-refractivity contribution < 1.29 is 13.2 Å². The molecule has 27 heavy (non-hydrogen) atoms. The van der Waals surface area contributed by atoms with Gasteiger partial charge in [0.2, 0.25) is 10.0 Å². The van der Waals surface area contributed by atoms with Crippen molar-refractivity contribution in [2.24, 2.45) is 0 Å². The molecule has 0 saturated carbocycles. The SMILES string of the molecule is CCC1(CC)C[C@@H](NS(=O)(=O)Cc2ccc(Cl)cc2Cl)c2ccccc2O1. The van der Waals surface area contributed by atoms with E-state index in [1.807, 2.05) is 24.3 Å². The van der Waals surface area contributed by atoms with E-state index in [9.17, 15) is 8.42 Å². The van der Waals surface area contributed by atoms with Crippen LogP contribution in [0.5, 0.6) is 5.75 Å². The van der Waals surface area contributed by atoms with Gasteiger partial charge in [0.15, 0.2) is 0 Å². The van der Waals surface area contributed by atoms with Crippen LogP contribution in [-0.4, -0.2) is 14.0 Å². The summed E-state index contributed by atoms with van der Waals surface area (Å²) < 4.78 is 34.8. The summed E-state index contributed by atoms with van der Waals surface area (Å²) in [5.41, 5.74) is 1.01. The van der Waals surface area contributed by atoms with Crippen LogP contribution in [0.3, 0.4) is 0 Å². The Morgan fingerprint density at radius 3 is 2.52 bits per heavy atom. The summed E-state index contributed by atoms with van der Waals surface area (Å²) in [5.74, 6) is 0.540. The van der Waals surface area contributed by atoms with E-state index in [0.29, 0.717) is 22.0 Å². The number of rotatable bonds is 6. The van der Waals surface area contributed by atoms with E-state index in [2.05, 4.69) is 18.6 Å². The van der Waals surface area contributed by atoms with Gasteiger partial charge in [-0.25, -0.2) is 13.1 Å². The number of sulfonamides is 1. The van der Waals surface area contributed by atoms with Crippen molar-refractivity contribution in [2.75, 3.05) is 0 Å². The average molecular weight is 428 g/mol. The van der Waals surface area contributed by atoms with Crippen LogP contribution in [0.25, 0.3) is 0 Å². The van der Waals surface area contributed by atoms with Gasteiger partial charge in [-0.15, -0.1) is 0 Å². The standard InChI is InChI=1S/C20H23Cl2NO3S/c1-3-20(4-2)12-18(16-7-5-6-8-19(16)26-20)23-27(24,25)13-14-9-10-15(21)11-17(14)22/h5-11,18,23H,3-4,12-13H2,1-2H3/t18-/m1/s1. The maximum atomic E-state index is 12.9. The molecule has 3 rings (SSSR count). The topological polar surface area (TPSA) is 55.4 Å². The van der Waals surface area contributed by atoms with E-state index in [0.717, 1.165) is 24.2 Å². The fourth-order valence-corrected chi connectivity index (χ4v) is 5.45. The number of hydrogen-bond donors (Lipinski definition) is 1. The largest absolute Gasteiger partial charge is 0.487 e. The summed E-state index contributed by atoms with van der Waals surface area (Å²) in [4.78, 5) is 0. The Hall–Kier alpha value is -1.27. The number of hydrogen-bond acceptors (Lipinski definition) is 3. The average Bonchev–Trinajstić information content (AvgIpc) is 2.63. The van der Waals surface area contributed by atoms with Crippen LogP contribution >= 0.6 is 23.2 Å². The highest BCUT2D eigenvalue weighted by molar-refractivity contribution is 7.88. The molecule has 1 aliphatic rings. The van der Waals surface area contributed by atoms with Gasteiger partial charge in [-0.05, 0) is 36.6 Å². The van der Waals surface area contributed by atoms with Gasteiger partial charge >= 0.3 is 0 Å². The van der Waals surface area contributed by atoms with Gasteiger partial charge in [0.05, 0.1) is 11.8 Å². The number of para-hydroxylation sites is 1. The predicted octanol–water partition coefficient (Wildman–Crippen LogP) is 5.50. The van der Waals surface area contributed by atoms with Gasteiger partial charge in [-0.2, -0.15) is 0 Å². The lowest BCUT2D eigenvalue weighted by molar-refractivity contribution is 0.0260. The molecule has 7 heteroatoms. The van der Waals surface area contributed by atoms with Gasteiger partial charge in [0, 0.05) is 22.0 Å². The van der Waals surface area contributed by atoms with Crippen LogP contribution in [0, 0.1) is 0 Å². The van der Waals surface area contributed by atoms with Gasteiger partial charge in [0.1, 0.15) is 11.4 Å². The minimum atomic E-state index is -3.61. The van der Waals surface area contributed by atoms with E-state index >= 15 is 0 Å². The Balaban J connectivity index is 1.88. The van der Waals surface area contributed by atoms with Gasteiger partial charge in [-0.3, -0.25) is 0 Å². The Labute approximate surface area is 170 Å². The minimum Gasteiger partial charge on any atom is -0.487 e. The van der Waals surface area contributed by atoms with Crippen LogP contribution < -0.4 is 9.46 Å². The molecular weight excluding hydrogens is 405 g/mol. The first-order valence-corrected chi connectivity index (χ1v) is 11.4. The zero-order valence-corrected chi connectivity index (χ0v) is 17.7. The maximum Gasteiger partial charge on any atom is 0.216 e. The molecule has 0 amide bonds.